The first-order valence-corrected chi connectivity index (χ1v) is 8.49. The van der Waals surface area contributed by atoms with E-state index in [0.717, 1.165) is 0 Å². The highest BCUT2D eigenvalue weighted by molar-refractivity contribution is 6.25. The van der Waals surface area contributed by atoms with Gasteiger partial charge in [0.1, 0.15) is 5.75 Å². The Labute approximate surface area is 162 Å². The second kappa shape index (κ2) is 8.54. The molecule has 0 bridgehead atoms. The summed E-state index contributed by atoms with van der Waals surface area (Å²) < 4.78 is 1.55. The number of hydrogen-bond donors (Lipinski definition) is 1. The number of nitrogens with zero attached hydrogens (tertiary/aromatic N) is 2. The first-order chi connectivity index (χ1) is 13.6. The summed E-state index contributed by atoms with van der Waals surface area (Å²) in [6.07, 6.45) is 4.57. The normalized spacial score (nSPS) is 10.8. The second-order valence-electron chi connectivity index (χ2n) is 5.88. The van der Waals surface area contributed by atoms with Crippen molar-refractivity contribution in [2.75, 3.05) is 0 Å². The Kier molecular flexibility index (Phi) is 5.70. The van der Waals surface area contributed by atoms with Gasteiger partial charge in [0.05, 0.1) is 5.56 Å². The molecule has 0 aliphatic heterocycles. The zero-order valence-electron chi connectivity index (χ0n) is 14.8. The number of aromatic nitrogens is 1. The van der Waals surface area contributed by atoms with Crippen molar-refractivity contribution in [1.82, 2.24) is 0 Å². The van der Waals surface area contributed by atoms with Gasteiger partial charge >= 0.3 is 0 Å². The molecule has 3 rings (SSSR count). The van der Waals surface area contributed by atoms with Gasteiger partial charge in [0.2, 0.25) is 5.78 Å². The number of pyridine rings is 1. The minimum Gasteiger partial charge on any atom is -0.763 e. The number of Topliss-reactive ketones (excluding diaryl/α,β-unsaturated/α-hetero) is 2. The molecule has 5 heteroatoms. The molecule has 0 radical (unpaired) electrons. The van der Waals surface area contributed by atoms with Crippen LogP contribution < -0.4 is 4.57 Å². The van der Waals surface area contributed by atoms with Crippen molar-refractivity contribution in [3.05, 3.63) is 113 Å². The van der Waals surface area contributed by atoms with Crippen LogP contribution in [0.1, 0.15) is 20.7 Å². The molecule has 1 aromatic heterocycles. The van der Waals surface area contributed by atoms with Crippen molar-refractivity contribution < 1.29 is 19.3 Å². The number of carbonyl (C=O) groups is 2. The minimum absolute atomic E-state index is 0.000119. The molecule has 0 amide bonds. The number of hydrogen-bond acceptors (Lipinski definition) is 3. The number of phenols is 1. The molecule has 0 saturated heterocycles. The molecule has 3 aromatic rings. The molecule has 0 aliphatic rings. The van der Waals surface area contributed by atoms with E-state index in [4.69, 9.17) is 0 Å². The van der Waals surface area contributed by atoms with Crippen LogP contribution in [0, 0.1) is 0 Å². The van der Waals surface area contributed by atoms with E-state index in [1.165, 1.54) is 18.2 Å². The van der Waals surface area contributed by atoms with Crippen molar-refractivity contribution >= 4 is 23.1 Å². The first-order valence-electron chi connectivity index (χ1n) is 8.49. The van der Waals surface area contributed by atoms with Gasteiger partial charge in [0.25, 0.3) is 11.5 Å². The lowest BCUT2D eigenvalue weighted by molar-refractivity contribution is -0.576. The summed E-state index contributed by atoms with van der Waals surface area (Å²) in [5.41, 5.74) is 0.321. The van der Waals surface area contributed by atoms with Crippen molar-refractivity contribution in [2.24, 2.45) is 0 Å². The van der Waals surface area contributed by atoms with E-state index >= 15 is 0 Å². The SMILES string of the molecule is [N-]=C=C(/C=C(/C(=O)c1ccccc1)[n+]1ccccc1)C(=O)c1ccccc1O. The van der Waals surface area contributed by atoms with E-state index in [0.29, 0.717) is 5.56 Å². The summed E-state index contributed by atoms with van der Waals surface area (Å²) in [4.78, 5) is 25.8. The van der Waals surface area contributed by atoms with E-state index in [-0.39, 0.29) is 28.4 Å². The van der Waals surface area contributed by atoms with Crippen molar-refractivity contribution in [3.8, 4) is 5.75 Å². The van der Waals surface area contributed by atoms with Crippen molar-refractivity contribution in [1.29, 1.82) is 0 Å². The number of para-hydroxylation sites is 1. The maximum atomic E-state index is 13.1. The van der Waals surface area contributed by atoms with Crippen molar-refractivity contribution in [3.63, 3.8) is 0 Å². The number of allylic oxidation sites excluding steroid dienone is 3. The average molecular weight is 368 g/mol. The lowest BCUT2D eigenvalue weighted by Gasteiger charge is -2.06. The number of benzene rings is 2. The Hall–Kier alpha value is -4.08. The first kappa shape index (κ1) is 18.7. The van der Waals surface area contributed by atoms with Crippen LogP contribution in [0.25, 0.3) is 11.1 Å². The highest BCUT2D eigenvalue weighted by Crippen LogP contribution is 2.20. The summed E-state index contributed by atoms with van der Waals surface area (Å²) >= 11 is 0. The molecule has 0 fully saturated rings. The van der Waals surface area contributed by atoms with Crippen LogP contribution in [0.2, 0.25) is 0 Å². The lowest BCUT2D eigenvalue weighted by atomic mass is 10.0. The fourth-order valence-corrected chi connectivity index (χ4v) is 2.65. The number of ketones is 2. The zero-order valence-corrected chi connectivity index (χ0v) is 14.8. The third-order valence-electron chi connectivity index (χ3n) is 4.06. The molecule has 0 aliphatic carbocycles. The van der Waals surface area contributed by atoms with Crippen LogP contribution in [0.3, 0.4) is 0 Å². The predicted octanol–water partition coefficient (Wildman–Crippen LogP) is 3.45. The van der Waals surface area contributed by atoms with E-state index in [9.17, 15) is 20.1 Å². The topological polar surface area (TPSA) is 80.6 Å². The average Bonchev–Trinajstić information content (AvgIpc) is 2.75. The van der Waals surface area contributed by atoms with Gasteiger partial charge in [-0.1, -0.05) is 48.5 Å². The van der Waals surface area contributed by atoms with E-state index < -0.39 is 5.78 Å². The van der Waals surface area contributed by atoms with E-state index in [1.807, 2.05) is 5.87 Å². The molecule has 0 saturated carbocycles. The lowest BCUT2D eigenvalue weighted by Crippen LogP contribution is -2.35. The van der Waals surface area contributed by atoms with Gasteiger partial charge in [-0.2, -0.15) is 4.57 Å². The molecule has 1 N–H and O–H groups in total. The minimum atomic E-state index is -0.657. The maximum absolute atomic E-state index is 13.1. The molecule has 5 nitrogen and oxygen atoms in total. The maximum Gasteiger partial charge on any atom is 0.260 e. The van der Waals surface area contributed by atoms with Crippen LogP contribution in [-0.4, -0.2) is 22.5 Å². The standard InChI is InChI=1S/C23H16N2O3/c24-16-18(22(27)19-11-5-6-12-21(19)26)15-20(25-13-7-2-8-14-25)23(28)17-9-3-1-4-10-17/h1-15,26H/b20-15-. The summed E-state index contributed by atoms with van der Waals surface area (Å²) in [5.74, 6) is 0.628. The molecule has 0 spiro atoms. The Balaban J connectivity index is 2.10. The number of rotatable bonds is 6. The largest absolute Gasteiger partial charge is 0.763 e. The Morgan fingerprint density at radius 1 is 0.857 bits per heavy atom. The van der Waals surface area contributed by atoms with Gasteiger partial charge in [0, 0.05) is 29.3 Å². The molecular formula is C23H16N2O3. The van der Waals surface area contributed by atoms with Crippen LogP contribution >= 0.6 is 0 Å². The van der Waals surface area contributed by atoms with Crippen LogP contribution in [0.15, 0.2) is 96.8 Å². The Morgan fingerprint density at radius 3 is 2.11 bits per heavy atom. The van der Waals surface area contributed by atoms with Gasteiger partial charge in [-0.15, -0.1) is 0 Å². The molecule has 1 heterocycles. The van der Waals surface area contributed by atoms with Gasteiger partial charge in [0.15, 0.2) is 12.4 Å². The summed E-state index contributed by atoms with van der Waals surface area (Å²) in [6.45, 7) is 0. The smallest absolute Gasteiger partial charge is 0.260 e. The fraction of sp³-hybridized carbons (Fsp3) is 0. The summed E-state index contributed by atoms with van der Waals surface area (Å²) in [6, 6.07) is 19.8. The Morgan fingerprint density at radius 2 is 1.46 bits per heavy atom. The van der Waals surface area contributed by atoms with Crippen LogP contribution in [0.5, 0.6) is 5.75 Å². The van der Waals surface area contributed by atoms with Gasteiger partial charge in [-0.25, -0.2) is 0 Å². The third-order valence-corrected chi connectivity index (χ3v) is 4.06. The zero-order chi connectivity index (χ0) is 19.9. The quantitative estimate of drug-likeness (QED) is 0.238. The van der Waals surface area contributed by atoms with Gasteiger partial charge in [-0.05, 0) is 12.1 Å². The third kappa shape index (κ3) is 4.01. The van der Waals surface area contributed by atoms with Crippen LogP contribution in [0.4, 0.5) is 0 Å². The fourth-order valence-electron chi connectivity index (χ4n) is 2.65. The molecule has 28 heavy (non-hydrogen) atoms. The van der Waals surface area contributed by atoms with Gasteiger partial charge < -0.3 is 10.5 Å². The van der Waals surface area contributed by atoms with Crippen LogP contribution in [-0.2, 0) is 0 Å². The van der Waals surface area contributed by atoms with Crippen molar-refractivity contribution in [2.45, 2.75) is 0 Å². The molecule has 0 atom stereocenters. The number of carbonyl (C=O) groups excluding carboxylic acids is 2. The van der Waals surface area contributed by atoms with E-state index in [1.54, 1.807) is 77.6 Å². The highest BCUT2D eigenvalue weighted by Gasteiger charge is 2.24. The highest BCUT2D eigenvalue weighted by atomic mass is 16.3. The van der Waals surface area contributed by atoms with E-state index in [2.05, 4.69) is 0 Å². The summed E-state index contributed by atoms with van der Waals surface area (Å²) in [7, 11) is 0. The monoisotopic (exact) mass is 368 g/mol. The molecular weight excluding hydrogens is 352 g/mol. The predicted molar refractivity (Wildman–Crippen MR) is 106 cm³/mol. The number of aromatic hydroxyl groups is 1. The summed E-state index contributed by atoms with van der Waals surface area (Å²) in [5, 5.41) is 19.5. The Bertz CT molecular complexity index is 1100. The molecule has 0 unspecified atom stereocenters. The molecule has 136 valence electrons. The number of phenolic OH excluding ortho intramolecular Hbond substituents is 1. The molecule has 2 aromatic carbocycles. The second-order valence-corrected chi connectivity index (χ2v) is 5.88. The van der Waals surface area contributed by atoms with Gasteiger partial charge in [-0.3, -0.25) is 15.5 Å².